The lowest BCUT2D eigenvalue weighted by atomic mass is 9.97. The second-order valence-corrected chi connectivity index (χ2v) is 7.31. The first-order chi connectivity index (χ1) is 13.7. The van der Waals surface area contributed by atoms with Crippen molar-refractivity contribution in [3.05, 3.63) is 70.8 Å². The van der Waals surface area contributed by atoms with Crippen LogP contribution >= 0.6 is 0 Å². The first-order valence-corrected chi connectivity index (χ1v) is 9.65. The third-order valence-electron chi connectivity index (χ3n) is 5.32. The van der Waals surface area contributed by atoms with Crippen molar-refractivity contribution in [2.75, 3.05) is 19.7 Å². The van der Waals surface area contributed by atoms with E-state index in [1.54, 1.807) is 12.4 Å². The summed E-state index contributed by atoms with van der Waals surface area (Å²) in [6.45, 7) is 3.25. The molecule has 2 aromatic heterocycles. The van der Waals surface area contributed by atoms with E-state index in [0.29, 0.717) is 24.0 Å². The van der Waals surface area contributed by atoms with Gasteiger partial charge in [-0.1, -0.05) is 24.3 Å². The third-order valence-corrected chi connectivity index (χ3v) is 5.32. The monoisotopic (exact) mass is 376 g/mol. The zero-order valence-corrected chi connectivity index (χ0v) is 15.7. The van der Waals surface area contributed by atoms with Crippen LogP contribution in [0.15, 0.2) is 59.7 Å². The molecule has 1 aromatic carbocycles. The van der Waals surface area contributed by atoms with Crippen LogP contribution in [0.2, 0.25) is 0 Å². The molecular weight excluding hydrogens is 352 g/mol. The maximum atomic E-state index is 12.1. The minimum atomic E-state index is -0.173. The van der Waals surface area contributed by atoms with Gasteiger partial charge in [-0.15, -0.1) is 0 Å². The van der Waals surface area contributed by atoms with Crippen molar-refractivity contribution in [2.24, 2.45) is 5.92 Å². The number of hydrogen-bond acceptors (Lipinski definition) is 5. The molecule has 0 amide bonds. The molecule has 28 heavy (non-hydrogen) atoms. The number of aromatic amines is 1. The number of nitrogens with zero attached hydrogens (tertiary/aromatic N) is 3. The van der Waals surface area contributed by atoms with Gasteiger partial charge in [0.15, 0.2) is 0 Å². The molecule has 1 saturated heterocycles. The van der Waals surface area contributed by atoms with Gasteiger partial charge in [-0.25, -0.2) is 4.98 Å². The van der Waals surface area contributed by atoms with Crippen LogP contribution in [-0.4, -0.2) is 44.7 Å². The fraction of sp³-hybridized carbons (Fsp3) is 0.318. The molecule has 144 valence electrons. The lowest BCUT2D eigenvalue weighted by molar-refractivity contribution is 0.127. The Morgan fingerprint density at radius 2 is 1.75 bits per heavy atom. The Balaban J connectivity index is 1.50. The molecule has 4 rings (SSSR count). The van der Waals surface area contributed by atoms with E-state index in [1.165, 1.54) is 11.6 Å². The van der Waals surface area contributed by atoms with Gasteiger partial charge < -0.3 is 10.1 Å². The van der Waals surface area contributed by atoms with Crippen molar-refractivity contribution in [3.63, 3.8) is 0 Å². The molecule has 6 nitrogen and oxygen atoms in total. The van der Waals surface area contributed by atoms with E-state index in [4.69, 9.17) is 0 Å². The molecule has 1 fully saturated rings. The van der Waals surface area contributed by atoms with Crippen LogP contribution in [0.4, 0.5) is 0 Å². The number of nitrogens with one attached hydrogen (secondary N) is 1. The van der Waals surface area contributed by atoms with Gasteiger partial charge in [0.25, 0.3) is 5.56 Å². The normalized spacial score (nSPS) is 15.6. The zero-order chi connectivity index (χ0) is 19.3. The topological polar surface area (TPSA) is 82.1 Å². The highest BCUT2D eigenvalue weighted by molar-refractivity contribution is 5.63. The Kier molecular flexibility index (Phi) is 5.60. The fourth-order valence-electron chi connectivity index (χ4n) is 3.62. The minimum Gasteiger partial charge on any atom is -0.396 e. The summed E-state index contributed by atoms with van der Waals surface area (Å²) in [4.78, 5) is 26.0. The van der Waals surface area contributed by atoms with Crippen LogP contribution in [-0.2, 0) is 6.54 Å². The lowest BCUT2D eigenvalue weighted by Gasteiger charge is -2.31. The van der Waals surface area contributed by atoms with Gasteiger partial charge in [-0.3, -0.25) is 14.7 Å². The van der Waals surface area contributed by atoms with E-state index in [-0.39, 0.29) is 5.56 Å². The maximum absolute atomic E-state index is 12.1. The number of aromatic nitrogens is 3. The molecule has 0 saturated carbocycles. The average molecular weight is 376 g/mol. The van der Waals surface area contributed by atoms with Crippen LogP contribution in [0, 0.1) is 5.92 Å². The average Bonchev–Trinajstić information content (AvgIpc) is 2.75. The summed E-state index contributed by atoms with van der Waals surface area (Å²) in [5.74, 6) is 1.02. The van der Waals surface area contributed by atoms with Crippen LogP contribution in [0.1, 0.15) is 18.4 Å². The van der Waals surface area contributed by atoms with Crippen molar-refractivity contribution < 1.29 is 5.11 Å². The lowest BCUT2D eigenvalue weighted by Crippen LogP contribution is -2.34. The van der Waals surface area contributed by atoms with Crippen molar-refractivity contribution >= 4 is 0 Å². The number of likely N-dealkylation sites (tertiary alicyclic amines) is 1. The molecule has 0 bridgehead atoms. The van der Waals surface area contributed by atoms with E-state index in [9.17, 15) is 9.90 Å². The van der Waals surface area contributed by atoms with Crippen LogP contribution in [0.5, 0.6) is 0 Å². The highest BCUT2D eigenvalue weighted by Crippen LogP contribution is 2.21. The summed E-state index contributed by atoms with van der Waals surface area (Å²) in [6.07, 6.45) is 5.50. The Bertz CT molecular complexity index is 962. The van der Waals surface area contributed by atoms with Gasteiger partial charge in [0, 0.05) is 42.7 Å². The summed E-state index contributed by atoms with van der Waals surface area (Å²) < 4.78 is 0. The van der Waals surface area contributed by atoms with Crippen molar-refractivity contribution in [2.45, 2.75) is 19.4 Å². The molecule has 0 unspecified atom stereocenters. The summed E-state index contributed by atoms with van der Waals surface area (Å²) >= 11 is 0. The molecule has 6 heteroatoms. The van der Waals surface area contributed by atoms with E-state index in [0.717, 1.165) is 43.6 Å². The molecule has 0 atom stereocenters. The smallest absolute Gasteiger partial charge is 0.251 e. The summed E-state index contributed by atoms with van der Waals surface area (Å²) in [5.41, 5.74) is 3.45. The number of rotatable bonds is 5. The van der Waals surface area contributed by atoms with E-state index in [1.807, 2.05) is 24.3 Å². The SMILES string of the molecule is O=c1cc(-c2ccncc2)nc(-c2ccc(CN3CCC(CO)CC3)cc2)[nH]1. The summed E-state index contributed by atoms with van der Waals surface area (Å²) in [6, 6.07) is 13.4. The Morgan fingerprint density at radius 1 is 1.04 bits per heavy atom. The molecule has 0 spiro atoms. The predicted molar refractivity (Wildman–Crippen MR) is 109 cm³/mol. The molecule has 3 aromatic rings. The van der Waals surface area contributed by atoms with Gasteiger partial charge >= 0.3 is 0 Å². The van der Waals surface area contributed by atoms with Gasteiger partial charge in [0.2, 0.25) is 0 Å². The van der Waals surface area contributed by atoms with Crippen LogP contribution < -0.4 is 5.56 Å². The number of benzene rings is 1. The first kappa shape index (κ1) is 18.5. The number of aliphatic hydroxyl groups excluding tert-OH is 1. The molecular formula is C22H24N4O2. The Morgan fingerprint density at radius 3 is 2.43 bits per heavy atom. The van der Waals surface area contributed by atoms with Gasteiger partial charge in [0.05, 0.1) is 5.69 Å². The van der Waals surface area contributed by atoms with Gasteiger partial charge in [0.1, 0.15) is 5.82 Å². The quantitative estimate of drug-likeness (QED) is 0.715. The number of H-pyrrole nitrogens is 1. The molecule has 0 radical (unpaired) electrons. The second-order valence-electron chi connectivity index (χ2n) is 7.31. The largest absolute Gasteiger partial charge is 0.396 e. The zero-order valence-electron chi connectivity index (χ0n) is 15.7. The molecule has 2 N–H and O–H groups in total. The molecule has 1 aliphatic heterocycles. The highest BCUT2D eigenvalue weighted by atomic mass is 16.3. The fourth-order valence-corrected chi connectivity index (χ4v) is 3.62. The maximum Gasteiger partial charge on any atom is 0.251 e. The van der Waals surface area contributed by atoms with E-state index < -0.39 is 0 Å². The van der Waals surface area contributed by atoms with Crippen LogP contribution in [0.25, 0.3) is 22.6 Å². The second kappa shape index (κ2) is 8.46. The first-order valence-electron chi connectivity index (χ1n) is 9.65. The predicted octanol–water partition coefficient (Wildman–Crippen LogP) is 2.70. The van der Waals surface area contributed by atoms with Gasteiger partial charge in [-0.05, 0) is 49.5 Å². The Labute approximate surface area is 163 Å². The summed E-state index contributed by atoms with van der Waals surface area (Å²) in [7, 11) is 0. The number of piperidine rings is 1. The summed E-state index contributed by atoms with van der Waals surface area (Å²) in [5, 5.41) is 9.26. The minimum absolute atomic E-state index is 0.173. The Hall–Kier alpha value is -2.83. The van der Waals surface area contributed by atoms with E-state index >= 15 is 0 Å². The van der Waals surface area contributed by atoms with Gasteiger partial charge in [-0.2, -0.15) is 0 Å². The molecule has 3 heterocycles. The van der Waals surface area contributed by atoms with Crippen LogP contribution in [0.3, 0.4) is 0 Å². The number of pyridine rings is 1. The number of aliphatic hydroxyl groups is 1. The number of hydrogen-bond donors (Lipinski definition) is 2. The van der Waals surface area contributed by atoms with E-state index in [2.05, 4.69) is 32.0 Å². The third kappa shape index (κ3) is 4.35. The van der Waals surface area contributed by atoms with Crippen molar-refractivity contribution in [1.29, 1.82) is 0 Å². The van der Waals surface area contributed by atoms with Crippen molar-refractivity contribution in [3.8, 4) is 22.6 Å². The highest BCUT2D eigenvalue weighted by Gasteiger charge is 2.18. The molecule has 1 aliphatic rings. The standard InChI is InChI=1S/C22H24N4O2/c27-15-17-7-11-26(12-8-17)14-16-1-3-19(4-2-16)22-24-20(13-21(28)25-22)18-5-9-23-10-6-18/h1-6,9-10,13,17,27H,7-8,11-12,14-15H2,(H,24,25,28). The van der Waals surface area contributed by atoms with Crippen molar-refractivity contribution in [1.82, 2.24) is 19.9 Å². The molecule has 0 aliphatic carbocycles.